The van der Waals surface area contributed by atoms with Crippen LogP contribution in [0.15, 0.2) is 59.6 Å². The highest BCUT2D eigenvalue weighted by Gasteiger charge is 2.34. The monoisotopic (exact) mass is 475 g/mol. The van der Waals surface area contributed by atoms with Gasteiger partial charge in [-0.15, -0.1) is 0 Å². The van der Waals surface area contributed by atoms with Gasteiger partial charge >= 0.3 is 5.97 Å². The summed E-state index contributed by atoms with van der Waals surface area (Å²) in [5.41, 5.74) is 1.49. The van der Waals surface area contributed by atoms with Crippen LogP contribution in [0.1, 0.15) is 30.1 Å². The van der Waals surface area contributed by atoms with Crippen molar-refractivity contribution in [2.24, 2.45) is 0 Å². The summed E-state index contributed by atoms with van der Waals surface area (Å²) in [4.78, 5) is 11.1. The zero-order chi connectivity index (χ0) is 22.9. The molecule has 1 aliphatic rings. The van der Waals surface area contributed by atoms with E-state index in [2.05, 4.69) is 5.10 Å². The van der Waals surface area contributed by atoms with E-state index in [1.54, 1.807) is 18.3 Å². The van der Waals surface area contributed by atoms with Crippen LogP contribution in [0.25, 0.3) is 0 Å². The first-order valence-electron chi connectivity index (χ1n) is 10.0. The summed E-state index contributed by atoms with van der Waals surface area (Å²) in [5.74, 6) is -0.0453. The summed E-state index contributed by atoms with van der Waals surface area (Å²) < 4.78 is 35.2. The van der Waals surface area contributed by atoms with Crippen molar-refractivity contribution < 1.29 is 23.1 Å². The number of carbonyl (C=O) groups is 1. The number of hydrogen-bond acceptors (Lipinski definition) is 5. The third-order valence-electron chi connectivity index (χ3n) is 5.51. The molecule has 2 aromatic carbocycles. The second kappa shape index (κ2) is 8.93. The highest BCUT2D eigenvalue weighted by Crippen LogP contribution is 2.38. The Morgan fingerprint density at radius 3 is 2.72 bits per heavy atom. The molecule has 4 rings (SSSR count). The minimum Gasteiger partial charge on any atom is -0.480 e. The van der Waals surface area contributed by atoms with Gasteiger partial charge in [-0.2, -0.15) is 9.40 Å². The van der Waals surface area contributed by atoms with Gasteiger partial charge in [0.1, 0.15) is 18.0 Å². The van der Waals surface area contributed by atoms with Gasteiger partial charge in [0.15, 0.2) is 0 Å². The van der Waals surface area contributed by atoms with Gasteiger partial charge in [-0.1, -0.05) is 29.8 Å². The number of ether oxygens (including phenoxy) is 1. The average molecular weight is 476 g/mol. The molecule has 168 valence electrons. The third-order valence-corrected chi connectivity index (χ3v) is 7.66. The number of aromatic nitrogens is 2. The first-order chi connectivity index (χ1) is 15.3. The molecule has 0 saturated carbocycles. The van der Waals surface area contributed by atoms with E-state index in [1.165, 1.54) is 34.2 Å². The summed E-state index contributed by atoms with van der Waals surface area (Å²) in [6, 6.07) is 13.0. The Labute approximate surface area is 191 Å². The molecule has 10 heteroatoms. The Morgan fingerprint density at radius 2 is 2.03 bits per heavy atom. The summed E-state index contributed by atoms with van der Waals surface area (Å²) >= 11 is 6.33. The molecule has 1 aromatic heterocycles. The van der Waals surface area contributed by atoms with E-state index in [9.17, 15) is 13.2 Å². The maximum absolute atomic E-state index is 13.4. The largest absolute Gasteiger partial charge is 0.480 e. The summed E-state index contributed by atoms with van der Waals surface area (Å²) in [5, 5.41) is 13.4. The number of hydrogen-bond donors (Lipinski definition) is 1. The number of rotatable bonds is 7. The predicted molar refractivity (Wildman–Crippen MR) is 118 cm³/mol. The number of carboxylic acid groups (broad SMARTS) is 1. The molecule has 0 spiro atoms. The highest BCUT2D eigenvalue weighted by molar-refractivity contribution is 7.89. The van der Waals surface area contributed by atoms with Crippen LogP contribution in [0.2, 0.25) is 5.02 Å². The van der Waals surface area contributed by atoms with E-state index in [4.69, 9.17) is 21.4 Å². The molecule has 0 amide bonds. The van der Waals surface area contributed by atoms with Gasteiger partial charge in [-0.3, -0.25) is 9.48 Å². The molecule has 1 atom stereocenters. The van der Waals surface area contributed by atoms with E-state index < -0.39 is 22.0 Å². The zero-order valence-electron chi connectivity index (χ0n) is 17.3. The van der Waals surface area contributed by atoms with Crippen LogP contribution in [-0.2, 0) is 27.8 Å². The van der Waals surface area contributed by atoms with Gasteiger partial charge in [-0.25, -0.2) is 8.42 Å². The summed E-state index contributed by atoms with van der Waals surface area (Å²) in [6.07, 6.45) is 3.57. The maximum Gasteiger partial charge on any atom is 0.325 e. The van der Waals surface area contributed by atoms with Crippen LogP contribution in [0.4, 0.5) is 0 Å². The van der Waals surface area contributed by atoms with Crippen molar-refractivity contribution in [2.45, 2.75) is 36.7 Å². The van der Waals surface area contributed by atoms with Crippen molar-refractivity contribution in [1.29, 1.82) is 0 Å². The van der Waals surface area contributed by atoms with Gasteiger partial charge in [0.2, 0.25) is 10.0 Å². The highest BCUT2D eigenvalue weighted by atomic mass is 35.5. The van der Waals surface area contributed by atoms with Crippen LogP contribution in [0, 0.1) is 0 Å². The Hall–Kier alpha value is -2.88. The standard InChI is InChI=1S/C22H22ClN3O5S/c1-25(19-8-5-9-20-17(19)13-24-26(20)14-22(27)28)32(29,30)16-10-11-21(18(23)12-16)31-15-6-3-2-4-7-15/h2-4,6-7,10-13,19H,5,8-9,14H2,1H3,(H,27,28). The summed E-state index contributed by atoms with van der Waals surface area (Å²) in [7, 11) is -2.35. The Morgan fingerprint density at radius 1 is 1.28 bits per heavy atom. The van der Waals surface area contributed by atoms with Crippen molar-refractivity contribution in [3.05, 3.63) is 71.0 Å². The van der Waals surface area contributed by atoms with Crippen LogP contribution in [0.3, 0.4) is 0 Å². The number of halogens is 1. The smallest absolute Gasteiger partial charge is 0.325 e. The molecule has 0 bridgehead atoms. The molecule has 0 radical (unpaired) electrons. The molecule has 0 aliphatic heterocycles. The first-order valence-corrected chi connectivity index (χ1v) is 11.9. The van der Waals surface area contributed by atoms with E-state index in [0.717, 1.165) is 17.7 Å². The SMILES string of the molecule is CN(C1CCCc2c1cnn2CC(=O)O)S(=O)(=O)c1ccc(Oc2ccccc2)c(Cl)c1. The average Bonchev–Trinajstić information content (AvgIpc) is 3.17. The number of para-hydroxylation sites is 1. The molecular formula is C22H22ClN3O5S. The van der Waals surface area contributed by atoms with Gasteiger partial charge in [0.05, 0.1) is 22.2 Å². The van der Waals surface area contributed by atoms with E-state index in [0.29, 0.717) is 24.3 Å². The fourth-order valence-corrected chi connectivity index (χ4v) is 5.59. The predicted octanol–water partition coefficient (Wildman–Crippen LogP) is 4.11. The second-order valence-electron chi connectivity index (χ2n) is 7.53. The van der Waals surface area contributed by atoms with Crippen LogP contribution in [0.5, 0.6) is 11.5 Å². The van der Waals surface area contributed by atoms with Crippen LogP contribution >= 0.6 is 11.6 Å². The van der Waals surface area contributed by atoms with E-state index >= 15 is 0 Å². The quantitative estimate of drug-likeness (QED) is 0.551. The van der Waals surface area contributed by atoms with Crippen molar-refractivity contribution in [3.8, 4) is 11.5 Å². The van der Waals surface area contributed by atoms with Gasteiger partial charge in [0.25, 0.3) is 0 Å². The fraction of sp³-hybridized carbons (Fsp3) is 0.273. The molecule has 32 heavy (non-hydrogen) atoms. The van der Waals surface area contributed by atoms with Gasteiger partial charge in [0, 0.05) is 18.3 Å². The fourth-order valence-electron chi connectivity index (χ4n) is 3.91. The lowest BCUT2D eigenvalue weighted by Gasteiger charge is -2.31. The Balaban J connectivity index is 1.60. The molecule has 8 nitrogen and oxygen atoms in total. The molecule has 0 fully saturated rings. The molecule has 1 aliphatic carbocycles. The third kappa shape index (κ3) is 4.36. The second-order valence-corrected chi connectivity index (χ2v) is 9.94. The maximum atomic E-state index is 13.4. The Kier molecular flexibility index (Phi) is 6.23. The molecule has 1 unspecified atom stereocenters. The number of benzene rings is 2. The normalized spacial score (nSPS) is 16.0. The minimum absolute atomic E-state index is 0.0514. The lowest BCUT2D eigenvalue weighted by Crippen LogP contribution is -2.33. The molecule has 3 aromatic rings. The van der Waals surface area contributed by atoms with Gasteiger partial charge < -0.3 is 9.84 Å². The number of aliphatic carboxylic acids is 1. The van der Waals surface area contributed by atoms with Crippen LogP contribution in [-0.4, -0.2) is 40.6 Å². The van der Waals surface area contributed by atoms with E-state index in [-0.39, 0.29) is 16.5 Å². The van der Waals surface area contributed by atoms with Crippen molar-refractivity contribution in [3.63, 3.8) is 0 Å². The molecule has 0 saturated heterocycles. The number of nitrogens with zero attached hydrogens (tertiary/aromatic N) is 3. The number of sulfonamides is 1. The Bertz CT molecular complexity index is 1240. The van der Waals surface area contributed by atoms with E-state index in [1.807, 2.05) is 18.2 Å². The minimum atomic E-state index is -3.87. The van der Waals surface area contributed by atoms with Crippen molar-refractivity contribution in [1.82, 2.24) is 14.1 Å². The molecule has 1 N–H and O–H groups in total. The number of fused-ring (bicyclic) bond motifs is 1. The lowest BCUT2D eigenvalue weighted by molar-refractivity contribution is -0.137. The molecular weight excluding hydrogens is 454 g/mol. The summed E-state index contributed by atoms with van der Waals surface area (Å²) in [6.45, 7) is -0.253. The lowest BCUT2D eigenvalue weighted by atomic mass is 9.93. The topological polar surface area (TPSA) is 102 Å². The first kappa shape index (κ1) is 22.3. The zero-order valence-corrected chi connectivity index (χ0v) is 18.9. The van der Waals surface area contributed by atoms with Crippen molar-refractivity contribution in [2.75, 3.05) is 7.05 Å². The molecule has 1 heterocycles. The van der Waals surface area contributed by atoms with Gasteiger partial charge in [-0.05, 0) is 49.6 Å². The number of carboxylic acids is 1. The van der Waals surface area contributed by atoms with Crippen molar-refractivity contribution >= 4 is 27.6 Å². The van der Waals surface area contributed by atoms with Crippen LogP contribution < -0.4 is 4.74 Å².